The van der Waals surface area contributed by atoms with Crippen molar-refractivity contribution >= 4 is 17.0 Å². The van der Waals surface area contributed by atoms with Gasteiger partial charge in [-0.1, -0.05) is 12.1 Å². The summed E-state index contributed by atoms with van der Waals surface area (Å²) in [5.74, 6) is 0. The highest BCUT2D eigenvalue weighted by atomic mass is 32.1. The Labute approximate surface area is 127 Å². The van der Waals surface area contributed by atoms with Crippen molar-refractivity contribution in [3.05, 3.63) is 71.2 Å². The van der Waals surface area contributed by atoms with Crippen molar-refractivity contribution < 1.29 is 0 Å². The second-order valence-corrected chi connectivity index (χ2v) is 5.47. The maximum absolute atomic E-state index is 8.77. The van der Waals surface area contributed by atoms with Gasteiger partial charge in [0.1, 0.15) is 5.01 Å². The van der Waals surface area contributed by atoms with Crippen LogP contribution in [0, 0.1) is 11.3 Å². The van der Waals surface area contributed by atoms with Crippen molar-refractivity contribution in [1.29, 1.82) is 5.26 Å². The number of anilines is 1. The molecule has 3 nitrogen and oxygen atoms in total. The lowest BCUT2D eigenvalue weighted by Gasteiger charge is -2.07. The molecular weight excluding hydrogens is 278 g/mol. The topological polar surface area (TPSA) is 48.7 Å². The fourth-order valence-electron chi connectivity index (χ4n) is 2.00. The van der Waals surface area contributed by atoms with Crippen LogP contribution in [0.25, 0.3) is 10.6 Å². The molecule has 0 saturated heterocycles. The van der Waals surface area contributed by atoms with Gasteiger partial charge < -0.3 is 5.32 Å². The molecule has 4 heteroatoms. The first-order valence-electron chi connectivity index (χ1n) is 6.58. The first kappa shape index (κ1) is 13.3. The van der Waals surface area contributed by atoms with Gasteiger partial charge in [0.05, 0.1) is 11.6 Å². The third-order valence-corrected chi connectivity index (χ3v) is 3.97. The summed E-state index contributed by atoms with van der Waals surface area (Å²) in [6.07, 6.45) is 1.82. The lowest BCUT2D eigenvalue weighted by atomic mass is 10.1. The largest absolute Gasteiger partial charge is 0.381 e. The van der Waals surface area contributed by atoms with Crippen LogP contribution < -0.4 is 5.32 Å². The molecule has 0 aliphatic heterocycles. The predicted molar refractivity (Wildman–Crippen MR) is 86.0 cm³/mol. The molecule has 0 atom stereocenters. The summed E-state index contributed by atoms with van der Waals surface area (Å²) in [4.78, 5) is 4.30. The van der Waals surface area contributed by atoms with Gasteiger partial charge in [-0.15, -0.1) is 11.3 Å². The van der Waals surface area contributed by atoms with Crippen molar-refractivity contribution in [3.63, 3.8) is 0 Å². The van der Waals surface area contributed by atoms with Crippen LogP contribution in [0.5, 0.6) is 0 Å². The number of benzene rings is 2. The molecule has 0 bridgehead atoms. The van der Waals surface area contributed by atoms with Gasteiger partial charge >= 0.3 is 0 Å². The number of hydrogen-bond acceptors (Lipinski definition) is 4. The van der Waals surface area contributed by atoms with Gasteiger partial charge in [0.15, 0.2) is 0 Å². The van der Waals surface area contributed by atoms with Gasteiger partial charge in [-0.3, -0.25) is 0 Å². The zero-order chi connectivity index (χ0) is 14.5. The van der Waals surface area contributed by atoms with Gasteiger partial charge in [0.2, 0.25) is 0 Å². The van der Waals surface area contributed by atoms with Crippen LogP contribution >= 0.6 is 11.3 Å². The van der Waals surface area contributed by atoms with Crippen LogP contribution in [0.3, 0.4) is 0 Å². The molecule has 3 rings (SSSR count). The number of rotatable bonds is 4. The Morgan fingerprint density at radius 3 is 2.43 bits per heavy atom. The predicted octanol–water partition coefficient (Wildman–Crippen LogP) is 4.29. The normalized spacial score (nSPS) is 10.0. The van der Waals surface area contributed by atoms with E-state index in [-0.39, 0.29) is 0 Å². The third-order valence-electron chi connectivity index (χ3n) is 3.14. The Hall–Kier alpha value is -2.64. The number of aromatic nitrogens is 1. The van der Waals surface area contributed by atoms with E-state index < -0.39 is 0 Å². The molecule has 0 saturated carbocycles. The number of hydrogen-bond donors (Lipinski definition) is 1. The molecule has 0 aliphatic carbocycles. The minimum Gasteiger partial charge on any atom is -0.381 e. The molecule has 2 aromatic carbocycles. The minimum atomic E-state index is 0.687. The van der Waals surface area contributed by atoms with E-state index >= 15 is 0 Å². The smallest absolute Gasteiger partial charge is 0.123 e. The molecular formula is C17H13N3S. The zero-order valence-electron chi connectivity index (χ0n) is 11.3. The average molecular weight is 291 g/mol. The Bertz CT molecular complexity index is 738. The van der Waals surface area contributed by atoms with Crippen molar-refractivity contribution in [2.45, 2.75) is 6.54 Å². The molecule has 1 aromatic heterocycles. The Kier molecular flexibility index (Phi) is 3.95. The van der Waals surface area contributed by atoms with E-state index in [0.29, 0.717) is 5.56 Å². The van der Waals surface area contributed by atoms with Crippen LogP contribution in [-0.4, -0.2) is 4.98 Å². The van der Waals surface area contributed by atoms with Crippen LogP contribution in [0.2, 0.25) is 0 Å². The summed E-state index contributed by atoms with van der Waals surface area (Å²) in [6.45, 7) is 0.738. The molecule has 102 valence electrons. The van der Waals surface area contributed by atoms with Crippen LogP contribution in [-0.2, 0) is 6.54 Å². The quantitative estimate of drug-likeness (QED) is 0.780. The fraction of sp³-hybridized carbons (Fsp3) is 0.0588. The highest BCUT2D eigenvalue weighted by molar-refractivity contribution is 7.13. The van der Waals surface area contributed by atoms with E-state index in [1.165, 1.54) is 0 Å². The molecule has 0 spiro atoms. The standard InChI is InChI=1S/C17H13N3S/c18-11-13-1-3-14(4-2-13)12-20-16-7-5-15(6-8-16)17-19-9-10-21-17/h1-10,20H,12H2. The second-order valence-electron chi connectivity index (χ2n) is 4.58. The van der Waals surface area contributed by atoms with Gasteiger partial charge in [-0.25, -0.2) is 4.98 Å². The van der Waals surface area contributed by atoms with E-state index in [1.807, 2.05) is 35.8 Å². The first-order chi connectivity index (χ1) is 10.3. The maximum atomic E-state index is 8.77. The molecule has 0 aliphatic rings. The summed E-state index contributed by atoms with van der Waals surface area (Å²) in [6, 6.07) is 18.0. The summed E-state index contributed by atoms with van der Waals surface area (Å²) in [5.41, 5.74) is 4.04. The first-order valence-corrected chi connectivity index (χ1v) is 7.46. The van der Waals surface area contributed by atoms with Gasteiger partial charge in [-0.2, -0.15) is 5.26 Å². The number of nitrogens with one attached hydrogen (secondary N) is 1. The number of thiazole rings is 1. The summed E-state index contributed by atoms with van der Waals surface area (Å²) < 4.78 is 0. The summed E-state index contributed by atoms with van der Waals surface area (Å²) >= 11 is 1.64. The molecule has 1 heterocycles. The van der Waals surface area contributed by atoms with Gasteiger partial charge in [0, 0.05) is 29.4 Å². The SMILES string of the molecule is N#Cc1ccc(CNc2ccc(-c3nccs3)cc2)cc1. The molecule has 21 heavy (non-hydrogen) atoms. The third kappa shape index (κ3) is 3.28. The summed E-state index contributed by atoms with van der Waals surface area (Å²) in [5, 5.41) is 15.2. The maximum Gasteiger partial charge on any atom is 0.123 e. The van der Waals surface area contributed by atoms with Crippen LogP contribution in [0.1, 0.15) is 11.1 Å². The highest BCUT2D eigenvalue weighted by Crippen LogP contribution is 2.23. The van der Waals surface area contributed by atoms with Crippen molar-refractivity contribution in [3.8, 4) is 16.6 Å². The lowest BCUT2D eigenvalue weighted by molar-refractivity contribution is 1.15. The van der Waals surface area contributed by atoms with E-state index in [4.69, 9.17) is 5.26 Å². The molecule has 0 fully saturated rings. The van der Waals surface area contributed by atoms with Gasteiger partial charge in [0.25, 0.3) is 0 Å². The molecule has 1 N–H and O–H groups in total. The van der Waals surface area contributed by atoms with E-state index in [1.54, 1.807) is 11.3 Å². The highest BCUT2D eigenvalue weighted by Gasteiger charge is 2.00. The Morgan fingerprint density at radius 2 is 1.81 bits per heavy atom. The van der Waals surface area contributed by atoms with E-state index in [2.05, 4.69) is 40.6 Å². The Morgan fingerprint density at radius 1 is 1.05 bits per heavy atom. The van der Waals surface area contributed by atoms with Crippen molar-refractivity contribution in [2.24, 2.45) is 0 Å². The molecule has 0 amide bonds. The second kappa shape index (κ2) is 6.21. The fourth-order valence-corrected chi connectivity index (χ4v) is 2.64. The number of nitrogens with zero attached hydrogens (tertiary/aromatic N) is 2. The lowest BCUT2D eigenvalue weighted by Crippen LogP contribution is -1.99. The Balaban J connectivity index is 1.64. The monoisotopic (exact) mass is 291 g/mol. The van der Waals surface area contributed by atoms with E-state index in [9.17, 15) is 0 Å². The van der Waals surface area contributed by atoms with Crippen molar-refractivity contribution in [1.82, 2.24) is 4.98 Å². The molecule has 0 unspecified atom stereocenters. The summed E-state index contributed by atoms with van der Waals surface area (Å²) in [7, 11) is 0. The zero-order valence-corrected chi connectivity index (χ0v) is 12.1. The van der Waals surface area contributed by atoms with E-state index in [0.717, 1.165) is 28.4 Å². The van der Waals surface area contributed by atoms with Crippen molar-refractivity contribution in [2.75, 3.05) is 5.32 Å². The average Bonchev–Trinajstić information content (AvgIpc) is 3.08. The van der Waals surface area contributed by atoms with Gasteiger partial charge in [-0.05, 0) is 42.0 Å². The molecule has 0 radical (unpaired) electrons. The molecule has 3 aromatic rings. The van der Waals surface area contributed by atoms with Crippen LogP contribution in [0.4, 0.5) is 5.69 Å². The number of nitriles is 1. The van der Waals surface area contributed by atoms with Crippen LogP contribution in [0.15, 0.2) is 60.1 Å². The minimum absolute atomic E-state index is 0.687.